The molecule has 0 aliphatic rings. The average Bonchev–Trinajstić information content (AvgIpc) is 3.23. The summed E-state index contributed by atoms with van der Waals surface area (Å²) in [6.45, 7) is 2.20. The first kappa shape index (κ1) is 15.2. The van der Waals surface area contributed by atoms with E-state index in [4.69, 9.17) is 9.15 Å². The normalized spacial score (nSPS) is 11.0. The molecule has 1 aromatic carbocycles. The van der Waals surface area contributed by atoms with Crippen LogP contribution >= 0.6 is 11.3 Å². The Bertz CT molecular complexity index is 801. The van der Waals surface area contributed by atoms with Gasteiger partial charge in [0.2, 0.25) is 0 Å². The third-order valence-corrected chi connectivity index (χ3v) is 4.08. The fourth-order valence-corrected chi connectivity index (χ4v) is 2.74. The van der Waals surface area contributed by atoms with Crippen molar-refractivity contribution in [3.63, 3.8) is 0 Å². The first-order valence-corrected chi connectivity index (χ1v) is 7.98. The lowest BCUT2D eigenvalue weighted by Gasteiger charge is -1.99. The number of hydrogen-bond acceptors (Lipinski definition) is 5. The summed E-state index contributed by atoms with van der Waals surface area (Å²) >= 11 is 1.54. The van der Waals surface area contributed by atoms with E-state index in [1.54, 1.807) is 24.5 Å². The molecule has 0 bridgehead atoms. The van der Waals surface area contributed by atoms with Crippen LogP contribution in [0.2, 0.25) is 0 Å². The monoisotopic (exact) mass is 325 g/mol. The second-order valence-corrected chi connectivity index (χ2v) is 5.82. The van der Waals surface area contributed by atoms with Crippen LogP contribution in [0.15, 0.2) is 58.5 Å². The van der Waals surface area contributed by atoms with E-state index in [9.17, 15) is 4.79 Å². The highest BCUT2D eigenvalue weighted by Gasteiger charge is 2.06. The van der Waals surface area contributed by atoms with Gasteiger partial charge in [-0.05, 0) is 25.1 Å². The van der Waals surface area contributed by atoms with E-state index in [1.807, 2.05) is 24.4 Å². The zero-order chi connectivity index (χ0) is 16.1. The summed E-state index contributed by atoms with van der Waals surface area (Å²) in [6.07, 6.45) is 4.46. The molecule has 0 aliphatic carbocycles. The molecule has 116 valence electrons. The summed E-state index contributed by atoms with van der Waals surface area (Å²) < 4.78 is 10.3. The Morgan fingerprint density at radius 3 is 2.87 bits per heavy atom. The first-order chi connectivity index (χ1) is 11.2. The lowest BCUT2D eigenvalue weighted by molar-refractivity contribution is -0.139. The molecule has 3 rings (SSSR count). The molecular weight excluding hydrogens is 310 g/mol. The van der Waals surface area contributed by atoms with E-state index < -0.39 is 5.97 Å². The van der Waals surface area contributed by atoms with Crippen molar-refractivity contribution in [2.24, 2.45) is 0 Å². The maximum atomic E-state index is 11.7. The number of ether oxygens (including phenoxy) is 1. The van der Waals surface area contributed by atoms with Gasteiger partial charge < -0.3 is 9.15 Å². The van der Waals surface area contributed by atoms with Crippen LogP contribution in [-0.4, -0.2) is 11.0 Å². The van der Waals surface area contributed by atoms with Gasteiger partial charge in [0.25, 0.3) is 0 Å². The van der Waals surface area contributed by atoms with Crippen molar-refractivity contribution >= 4 is 23.4 Å². The first-order valence-electron chi connectivity index (χ1n) is 7.10. The number of nitrogens with zero attached hydrogens (tertiary/aromatic N) is 1. The molecule has 5 heteroatoms. The van der Waals surface area contributed by atoms with Gasteiger partial charge in [-0.2, -0.15) is 0 Å². The summed E-state index contributed by atoms with van der Waals surface area (Å²) in [7, 11) is 0. The van der Waals surface area contributed by atoms with E-state index in [1.165, 1.54) is 23.0 Å². The Labute approximate surface area is 138 Å². The standard InChI is InChI=1S/C18H15NO3S/c1-13-4-6-14(7-5-13)18-19-15(12-23-18)11-22-17(20)9-8-16-3-2-10-21-16/h2-10,12H,11H2,1H3/b9-8+. The molecule has 4 nitrogen and oxygen atoms in total. The van der Waals surface area contributed by atoms with Gasteiger partial charge in [0, 0.05) is 17.0 Å². The molecule has 0 amide bonds. The number of thiazole rings is 1. The van der Waals surface area contributed by atoms with E-state index in [-0.39, 0.29) is 6.61 Å². The summed E-state index contributed by atoms with van der Waals surface area (Å²) in [5.74, 6) is 0.184. The van der Waals surface area contributed by atoms with Crippen LogP contribution in [-0.2, 0) is 16.1 Å². The Hall–Kier alpha value is -2.66. The summed E-state index contributed by atoms with van der Waals surface area (Å²) in [4.78, 5) is 16.1. The number of aryl methyl sites for hydroxylation is 1. The Morgan fingerprint density at radius 1 is 1.30 bits per heavy atom. The topological polar surface area (TPSA) is 52.3 Å². The zero-order valence-corrected chi connectivity index (χ0v) is 13.4. The van der Waals surface area contributed by atoms with Crippen molar-refractivity contribution in [3.05, 3.63) is 71.1 Å². The molecule has 0 saturated heterocycles. The van der Waals surface area contributed by atoms with Crippen LogP contribution in [0, 0.1) is 6.92 Å². The molecule has 0 N–H and O–H groups in total. The predicted octanol–water partition coefficient (Wildman–Crippen LogP) is 4.47. The van der Waals surface area contributed by atoms with Crippen LogP contribution < -0.4 is 0 Å². The fourth-order valence-electron chi connectivity index (χ4n) is 1.93. The maximum absolute atomic E-state index is 11.7. The van der Waals surface area contributed by atoms with Crippen molar-refractivity contribution in [1.82, 2.24) is 4.98 Å². The van der Waals surface area contributed by atoms with Gasteiger partial charge in [-0.25, -0.2) is 9.78 Å². The molecule has 0 saturated carbocycles. The Balaban J connectivity index is 1.57. The molecule has 0 fully saturated rings. The minimum atomic E-state index is -0.425. The lowest BCUT2D eigenvalue weighted by atomic mass is 10.2. The van der Waals surface area contributed by atoms with E-state index in [0.29, 0.717) is 5.76 Å². The number of carbonyl (C=O) groups is 1. The van der Waals surface area contributed by atoms with Crippen molar-refractivity contribution in [1.29, 1.82) is 0 Å². The number of benzene rings is 1. The van der Waals surface area contributed by atoms with Gasteiger partial charge in [-0.15, -0.1) is 11.3 Å². The van der Waals surface area contributed by atoms with Crippen LogP contribution in [0.1, 0.15) is 17.0 Å². The number of furan rings is 1. The summed E-state index contributed by atoms with van der Waals surface area (Å²) in [5, 5.41) is 2.82. The highest BCUT2D eigenvalue weighted by Crippen LogP contribution is 2.24. The molecule has 0 unspecified atom stereocenters. The average molecular weight is 325 g/mol. The van der Waals surface area contributed by atoms with Gasteiger partial charge in [0.15, 0.2) is 0 Å². The molecule has 0 radical (unpaired) electrons. The van der Waals surface area contributed by atoms with Crippen molar-refractivity contribution in [2.45, 2.75) is 13.5 Å². The van der Waals surface area contributed by atoms with Crippen molar-refractivity contribution in [2.75, 3.05) is 0 Å². The second kappa shape index (κ2) is 7.07. The SMILES string of the molecule is Cc1ccc(-c2nc(COC(=O)/C=C/c3ccco3)cs2)cc1. The van der Waals surface area contributed by atoms with Crippen LogP contribution in [0.25, 0.3) is 16.6 Å². The van der Waals surface area contributed by atoms with Gasteiger partial charge in [-0.1, -0.05) is 29.8 Å². The Morgan fingerprint density at radius 2 is 2.13 bits per heavy atom. The third kappa shape index (κ3) is 4.17. The molecule has 23 heavy (non-hydrogen) atoms. The van der Waals surface area contributed by atoms with E-state index in [0.717, 1.165) is 16.3 Å². The molecule has 0 spiro atoms. The number of hydrogen-bond donors (Lipinski definition) is 0. The van der Waals surface area contributed by atoms with E-state index in [2.05, 4.69) is 17.1 Å². The molecule has 3 aromatic rings. The Kier molecular flexibility index (Phi) is 4.68. The molecule has 0 atom stereocenters. The quantitative estimate of drug-likeness (QED) is 0.513. The molecule has 2 aromatic heterocycles. The second-order valence-electron chi connectivity index (χ2n) is 4.97. The van der Waals surface area contributed by atoms with Crippen LogP contribution in [0.5, 0.6) is 0 Å². The van der Waals surface area contributed by atoms with Crippen molar-refractivity contribution < 1.29 is 13.9 Å². The molecular formula is C18H15NO3S. The number of rotatable bonds is 5. The number of esters is 1. The fraction of sp³-hybridized carbons (Fsp3) is 0.111. The molecule has 2 heterocycles. The highest BCUT2D eigenvalue weighted by atomic mass is 32.1. The van der Waals surface area contributed by atoms with Gasteiger partial charge in [-0.3, -0.25) is 0 Å². The van der Waals surface area contributed by atoms with Gasteiger partial charge in [0.05, 0.1) is 12.0 Å². The van der Waals surface area contributed by atoms with Gasteiger partial charge >= 0.3 is 5.97 Å². The van der Waals surface area contributed by atoms with Crippen LogP contribution in [0.3, 0.4) is 0 Å². The van der Waals surface area contributed by atoms with Crippen LogP contribution in [0.4, 0.5) is 0 Å². The van der Waals surface area contributed by atoms with Gasteiger partial charge in [0.1, 0.15) is 17.4 Å². The predicted molar refractivity (Wildman–Crippen MR) is 89.8 cm³/mol. The summed E-state index contributed by atoms with van der Waals surface area (Å²) in [6, 6.07) is 11.7. The summed E-state index contributed by atoms with van der Waals surface area (Å²) in [5.41, 5.74) is 3.02. The largest absolute Gasteiger partial charge is 0.465 e. The smallest absolute Gasteiger partial charge is 0.331 e. The lowest BCUT2D eigenvalue weighted by Crippen LogP contribution is -2.00. The highest BCUT2D eigenvalue weighted by molar-refractivity contribution is 7.13. The maximum Gasteiger partial charge on any atom is 0.331 e. The minimum absolute atomic E-state index is 0.156. The van der Waals surface area contributed by atoms with Crippen molar-refractivity contribution in [3.8, 4) is 10.6 Å². The van der Waals surface area contributed by atoms with E-state index >= 15 is 0 Å². The number of carbonyl (C=O) groups excluding carboxylic acids is 1. The zero-order valence-electron chi connectivity index (χ0n) is 12.6. The number of aromatic nitrogens is 1. The molecule has 0 aliphatic heterocycles. The third-order valence-electron chi connectivity index (χ3n) is 3.14. The minimum Gasteiger partial charge on any atom is -0.465 e.